The quantitative estimate of drug-likeness (QED) is 0.278. The van der Waals surface area contributed by atoms with Gasteiger partial charge >= 0.3 is 12.0 Å². The fourth-order valence-electron chi connectivity index (χ4n) is 6.07. The molecule has 0 bridgehead atoms. The van der Waals surface area contributed by atoms with E-state index >= 15 is 0 Å². The topological polar surface area (TPSA) is 123 Å². The molecule has 2 aliphatic rings. The minimum absolute atomic E-state index is 0.00566. The third-order valence-corrected chi connectivity index (χ3v) is 8.38. The molecule has 2 heterocycles. The van der Waals surface area contributed by atoms with Crippen LogP contribution in [0, 0.1) is 0 Å². The third-order valence-electron chi connectivity index (χ3n) is 8.38. The van der Waals surface area contributed by atoms with Crippen LogP contribution in [0.4, 0.5) is 27.5 Å². The zero-order valence-corrected chi connectivity index (χ0v) is 25.4. The molecule has 6 rings (SSSR count). The SMILES string of the molecule is COc1cccc(N(c2cccc(OC)c2)C(O)N2CCN(C(=O)N3c4ccccc4CC(=O)c4ccccc43)[C@H](C(=O)O)C2)c1. The van der Waals surface area contributed by atoms with Crippen LogP contribution < -0.4 is 19.3 Å². The highest BCUT2D eigenvalue weighted by atomic mass is 16.5. The molecule has 2 amide bonds. The number of hydrogen-bond donors (Lipinski definition) is 2. The van der Waals surface area contributed by atoms with Gasteiger partial charge in [-0.2, -0.15) is 0 Å². The number of nitrogens with zero attached hydrogens (tertiary/aromatic N) is 4. The number of ether oxygens (including phenoxy) is 2. The Morgan fingerprint density at radius 3 is 2.07 bits per heavy atom. The number of para-hydroxylation sites is 2. The molecule has 2 atom stereocenters. The normalized spacial score (nSPS) is 16.9. The van der Waals surface area contributed by atoms with Gasteiger partial charge < -0.3 is 29.5 Å². The van der Waals surface area contributed by atoms with Crippen molar-refractivity contribution in [1.29, 1.82) is 0 Å². The van der Waals surface area contributed by atoms with E-state index in [1.165, 1.54) is 9.80 Å². The van der Waals surface area contributed by atoms with E-state index in [0.29, 0.717) is 45.4 Å². The minimum Gasteiger partial charge on any atom is -0.497 e. The number of carbonyl (C=O) groups excluding carboxylic acids is 2. The molecule has 4 aromatic carbocycles. The van der Waals surface area contributed by atoms with Crippen LogP contribution in [0.1, 0.15) is 15.9 Å². The number of piperazine rings is 1. The maximum atomic E-state index is 14.4. The Bertz CT molecular complexity index is 1730. The maximum absolute atomic E-state index is 14.4. The van der Waals surface area contributed by atoms with Gasteiger partial charge in [0.1, 0.15) is 17.5 Å². The van der Waals surface area contributed by atoms with Crippen molar-refractivity contribution in [3.05, 3.63) is 108 Å². The summed E-state index contributed by atoms with van der Waals surface area (Å²) >= 11 is 0. The highest BCUT2D eigenvalue weighted by molar-refractivity contribution is 6.12. The van der Waals surface area contributed by atoms with E-state index < -0.39 is 24.4 Å². The van der Waals surface area contributed by atoms with Gasteiger partial charge in [0.25, 0.3) is 0 Å². The first-order valence-corrected chi connectivity index (χ1v) is 14.8. The lowest BCUT2D eigenvalue weighted by Gasteiger charge is -2.45. The Labute approximate surface area is 266 Å². The minimum atomic E-state index is -1.31. The summed E-state index contributed by atoms with van der Waals surface area (Å²) in [5.74, 6) is -0.191. The van der Waals surface area contributed by atoms with E-state index in [-0.39, 0.29) is 31.8 Å². The van der Waals surface area contributed by atoms with E-state index in [4.69, 9.17) is 9.47 Å². The number of rotatable bonds is 7. The number of Topliss-reactive ketones (excluding diaryl/α,β-unsaturated/α-hetero) is 1. The monoisotopic (exact) mass is 622 g/mol. The van der Waals surface area contributed by atoms with Crippen molar-refractivity contribution in [2.75, 3.05) is 43.7 Å². The summed E-state index contributed by atoms with van der Waals surface area (Å²) in [7, 11) is 3.10. The largest absolute Gasteiger partial charge is 0.497 e. The molecule has 1 saturated heterocycles. The average molecular weight is 623 g/mol. The number of urea groups is 1. The predicted octanol–water partition coefficient (Wildman–Crippen LogP) is 4.89. The van der Waals surface area contributed by atoms with Gasteiger partial charge in [-0.25, -0.2) is 9.59 Å². The molecular weight excluding hydrogens is 588 g/mol. The zero-order valence-electron chi connectivity index (χ0n) is 25.4. The van der Waals surface area contributed by atoms with E-state index in [1.807, 2.05) is 12.1 Å². The smallest absolute Gasteiger partial charge is 0.329 e. The number of methoxy groups -OCH3 is 2. The summed E-state index contributed by atoms with van der Waals surface area (Å²) < 4.78 is 10.9. The Hall–Kier alpha value is -5.39. The number of benzene rings is 4. The number of aliphatic hydroxyl groups excluding tert-OH is 1. The molecule has 0 radical (unpaired) electrons. The van der Waals surface area contributed by atoms with Gasteiger partial charge in [-0.3, -0.25) is 14.6 Å². The van der Waals surface area contributed by atoms with Gasteiger partial charge in [-0.1, -0.05) is 42.5 Å². The molecule has 1 unspecified atom stereocenters. The second-order valence-corrected chi connectivity index (χ2v) is 11.0. The van der Waals surface area contributed by atoms with Crippen LogP contribution in [-0.4, -0.2) is 84.0 Å². The third kappa shape index (κ3) is 5.73. The summed E-state index contributed by atoms with van der Waals surface area (Å²) in [5.41, 5.74) is 3.20. The first-order chi connectivity index (χ1) is 22.3. The Kier molecular flexibility index (Phi) is 8.60. The Balaban J connectivity index is 1.34. The van der Waals surface area contributed by atoms with E-state index in [1.54, 1.807) is 109 Å². The molecule has 2 N–H and O–H groups in total. The number of fused-ring (bicyclic) bond motifs is 2. The van der Waals surface area contributed by atoms with Gasteiger partial charge in [0.15, 0.2) is 12.1 Å². The van der Waals surface area contributed by atoms with Gasteiger partial charge in [-0.15, -0.1) is 0 Å². The van der Waals surface area contributed by atoms with E-state index in [9.17, 15) is 24.6 Å². The van der Waals surface area contributed by atoms with Crippen LogP contribution in [0.2, 0.25) is 0 Å². The van der Waals surface area contributed by atoms with E-state index in [0.717, 1.165) is 0 Å². The molecule has 0 saturated carbocycles. The van der Waals surface area contributed by atoms with Crippen LogP contribution in [0.5, 0.6) is 11.5 Å². The highest BCUT2D eigenvalue weighted by Crippen LogP contribution is 2.38. The molecule has 11 heteroatoms. The number of hydrogen-bond acceptors (Lipinski definition) is 8. The number of amides is 2. The molecule has 0 aromatic heterocycles. The number of anilines is 4. The van der Waals surface area contributed by atoms with Gasteiger partial charge in [0, 0.05) is 55.1 Å². The Morgan fingerprint density at radius 2 is 1.43 bits per heavy atom. The first-order valence-electron chi connectivity index (χ1n) is 14.8. The lowest BCUT2D eigenvalue weighted by atomic mass is 10.0. The lowest BCUT2D eigenvalue weighted by Crippen LogP contribution is -2.63. The highest BCUT2D eigenvalue weighted by Gasteiger charge is 2.42. The summed E-state index contributed by atoms with van der Waals surface area (Å²) in [4.78, 5) is 46.4. The van der Waals surface area contributed by atoms with E-state index in [2.05, 4.69) is 0 Å². The average Bonchev–Trinajstić information content (AvgIpc) is 3.21. The van der Waals surface area contributed by atoms with Crippen LogP contribution in [0.25, 0.3) is 0 Å². The second kappa shape index (κ2) is 12.9. The molecule has 11 nitrogen and oxygen atoms in total. The number of carbonyl (C=O) groups is 3. The van der Waals surface area contributed by atoms with Crippen molar-refractivity contribution >= 4 is 40.5 Å². The van der Waals surface area contributed by atoms with Crippen molar-refractivity contribution in [2.24, 2.45) is 0 Å². The van der Waals surface area contributed by atoms with Crippen LogP contribution in [0.3, 0.4) is 0 Å². The van der Waals surface area contributed by atoms with Gasteiger partial charge in [0.2, 0.25) is 0 Å². The number of carboxylic acid groups (broad SMARTS) is 1. The summed E-state index contributed by atoms with van der Waals surface area (Å²) in [5, 5.41) is 22.3. The number of aliphatic hydroxyl groups is 1. The van der Waals surface area contributed by atoms with Crippen molar-refractivity contribution in [2.45, 2.75) is 18.8 Å². The lowest BCUT2D eigenvalue weighted by molar-refractivity contribution is -0.146. The van der Waals surface area contributed by atoms with Crippen LogP contribution in [0.15, 0.2) is 97.1 Å². The maximum Gasteiger partial charge on any atom is 0.329 e. The van der Waals surface area contributed by atoms with Crippen molar-refractivity contribution in [1.82, 2.24) is 9.80 Å². The molecule has 1 fully saturated rings. The molecule has 0 aliphatic carbocycles. The molecular formula is C35H34N4O7. The van der Waals surface area contributed by atoms with Crippen molar-refractivity contribution < 1.29 is 34.1 Å². The van der Waals surface area contributed by atoms with Crippen molar-refractivity contribution in [3.8, 4) is 11.5 Å². The molecule has 0 spiro atoms. The van der Waals surface area contributed by atoms with Gasteiger partial charge in [0.05, 0.1) is 25.6 Å². The molecule has 4 aromatic rings. The summed E-state index contributed by atoms with van der Waals surface area (Å²) in [6, 6.07) is 26.5. The van der Waals surface area contributed by atoms with Crippen LogP contribution in [-0.2, 0) is 11.2 Å². The zero-order chi connectivity index (χ0) is 32.4. The number of aliphatic carboxylic acids is 1. The van der Waals surface area contributed by atoms with Crippen molar-refractivity contribution in [3.63, 3.8) is 0 Å². The van der Waals surface area contributed by atoms with Gasteiger partial charge in [-0.05, 0) is 48.0 Å². The summed E-state index contributed by atoms with van der Waals surface area (Å²) in [6.45, 7) is 0.00559. The second-order valence-electron chi connectivity index (χ2n) is 11.0. The molecule has 2 aliphatic heterocycles. The fraction of sp³-hybridized carbons (Fsp3) is 0.229. The number of ketones is 1. The number of carboxylic acids is 1. The fourth-order valence-corrected chi connectivity index (χ4v) is 6.07. The predicted molar refractivity (Wildman–Crippen MR) is 172 cm³/mol. The molecule has 236 valence electrons. The standard InChI is InChI=1S/C35H34N4O7/c1-45-26-12-7-10-24(20-26)38(25-11-8-13-27(21-25)46-2)34(43)36-17-18-37(31(22-36)33(41)42)35(44)39-29-15-5-3-9-23(29)19-32(40)28-14-4-6-16-30(28)39/h3-16,20-21,31,34,43H,17-19,22H2,1-2H3,(H,41,42)/t31-,34?/m0/s1. The molecule has 46 heavy (non-hydrogen) atoms. The first kappa shape index (κ1) is 30.6. The Morgan fingerprint density at radius 1 is 0.826 bits per heavy atom. The van der Waals surface area contributed by atoms with Crippen LogP contribution >= 0.6 is 0 Å². The summed E-state index contributed by atoms with van der Waals surface area (Å²) in [6.07, 6.45) is -1.19.